The van der Waals surface area contributed by atoms with Gasteiger partial charge in [-0.25, -0.2) is 0 Å². The third-order valence-electron chi connectivity index (χ3n) is 5.26. The lowest BCUT2D eigenvalue weighted by molar-refractivity contribution is -0.139. The number of hydrogen-bond acceptors (Lipinski definition) is 6. The van der Waals surface area contributed by atoms with Crippen LogP contribution in [-0.2, 0) is 11.2 Å². The summed E-state index contributed by atoms with van der Waals surface area (Å²) in [6.45, 7) is 5.64. The second-order valence-corrected chi connectivity index (χ2v) is 10.00. The van der Waals surface area contributed by atoms with Crippen LogP contribution in [0.1, 0.15) is 67.6 Å². The van der Waals surface area contributed by atoms with Crippen molar-refractivity contribution in [3.63, 3.8) is 0 Å². The van der Waals surface area contributed by atoms with Gasteiger partial charge in [0.25, 0.3) is 0 Å². The van der Waals surface area contributed by atoms with Crippen LogP contribution < -0.4 is 4.74 Å². The van der Waals surface area contributed by atoms with Gasteiger partial charge in [-0.3, -0.25) is 9.59 Å². The Kier molecular flexibility index (Phi) is 10.7. The second-order valence-electron chi connectivity index (χ2n) is 8.00. The standard InChI is InChI=1S/C25H31BrO6S/c1-4-6-19-21(9-8-18(16(3)27)25(19)31)32-11-5-12-33-22-10-7-17(14-20(22)26)24(30)15(2)13-23(28)29/h7-10,14-15,24,30-31H,4-6,11-13H2,1-3H3,(H,28,29). The molecule has 0 bridgehead atoms. The van der Waals surface area contributed by atoms with E-state index in [1.165, 1.54) is 6.92 Å². The predicted octanol–water partition coefficient (Wildman–Crippen LogP) is 6.02. The molecule has 2 aromatic rings. The van der Waals surface area contributed by atoms with Gasteiger partial charge in [0, 0.05) is 20.7 Å². The van der Waals surface area contributed by atoms with E-state index in [1.54, 1.807) is 30.8 Å². The van der Waals surface area contributed by atoms with Crippen molar-refractivity contribution in [3.05, 3.63) is 51.5 Å². The molecule has 0 heterocycles. The molecule has 2 unspecified atom stereocenters. The van der Waals surface area contributed by atoms with Crippen molar-refractivity contribution in [1.82, 2.24) is 0 Å². The van der Waals surface area contributed by atoms with E-state index in [9.17, 15) is 19.8 Å². The van der Waals surface area contributed by atoms with Crippen LogP contribution in [-0.4, -0.2) is 39.4 Å². The summed E-state index contributed by atoms with van der Waals surface area (Å²) in [5, 5.41) is 29.7. The number of phenolic OH excluding ortho intramolecular Hbond substituents is 1. The zero-order valence-electron chi connectivity index (χ0n) is 19.1. The van der Waals surface area contributed by atoms with E-state index < -0.39 is 12.1 Å². The van der Waals surface area contributed by atoms with Gasteiger partial charge in [0.05, 0.1) is 24.7 Å². The molecule has 0 aliphatic carbocycles. The number of carboxylic acid groups (broad SMARTS) is 1. The van der Waals surface area contributed by atoms with Gasteiger partial charge in [-0.2, -0.15) is 0 Å². The molecule has 0 fully saturated rings. The molecule has 180 valence electrons. The number of halogens is 1. The van der Waals surface area contributed by atoms with E-state index in [0.717, 1.165) is 28.0 Å². The Bertz CT molecular complexity index is 978. The van der Waals surface area contributed by atoms with Gasteiger partial charge in [-0.15, -0.1) is 11.8 Å². The van der Waals surface area contributed by atoms with E-state index in [2.05, 4.69) is 15.9 Å². The van der Waals surface area contributed by atoms with E-state index in [0.29, 0.717) is 35.5 Å². The van der Waals surface area contributed by atoms with Crippen molar-refractivity contribution in [1.29, 1.82) is 0 Å². The minimum atomic E-state index is -0.929. The lowest BCUT2D eigenvalue weighted by Gasteiger charge is -2.18. The maximum atomic E-state index is 11.7. The van der Waals surface area contributed by atoms with Gasteiger partial charge >= 0.3 is 5.97 Å². The van der Waals surface area contributed by atoms with E-state index in [-0.39, 0.29) is 23.9 Å². The number of carbonyl (C=O) groups excluding carboxylic acids is 1. The molecule has 2 aromatic carbocycles. The Balaban J connectivity index is 1.91. The maximum absolute atomic E-state index is 11.7. The normalized spacial score (nSPS) is 12.9. The summed E-state index contributed by atoms with van der Waals surface area (Å²) in [5.41, 5.74) is 1.67. The zero-order chi connectivity index (χ0) is 24.5. The number of Topliss-reactive ketones (excluding diaryl/α,β-unsaturated/α-hetero) is 1. The van der Waals surface area contributed by atoms with Gasteiger partial charge in [-0.05, 0) is 71.4 Å². The smallest absolute Gasteiger partial charge is 0.303 e. The molecule has 0 amide bonds. The molecule has 0 aliphatic heterocycles. The Labute approximate surface area is 207 Å². The summed E-state index contributed by atoms with van der Waals surface area (Å²) in [4.78, 5) is 23.6. The number of ether oxygens (including phenoxy) is 1. The molecule has 6 nitrogen and oxygen atoms in total. The third-order valence-corrected chi connectivity index (χ3v) is 7.33. The number of carboxylic acids is 1. The summed E-state index contributed by atoms with van der Waals surface area (Å²) in [6, 6.07) is 8.92. The summed E-state index contributed by atoms with van der Waals surface area (Å²) >= 11 is 5.19. The fourth-order valence-corrected chi connectivity index (χ4v) is 5.07. The van der Waals surface area contributed by atoms with Crippen LogP contribution in [0.25, 0.3) is 0 Å². The number of rotatable bonds is 13. The lowest BCUT2D eigenvalue weighted by Crippen LogP contribution is -2.13. The van der Waals surface area contributed by atoms with Crippen molar-refractivity contribution in [2.45, 2.75) is 57.5 Å². The zero-order valence-corrected chi connectivity index (χ0v) is 21.5. The average Bonchev–Trinajstić information content (AvgIpc) is 2.75. The molecular weight excluding hydrogens is 508 g/mol. The molecule has 0 aromatic heterocycles. The molecule has 0 saturated carbocycles. The van der Waals surface area contributed by atoms with Crippen molar-refractivity contribution in [3.8, 4) is 11.5 Å². The first kappa shape index (κ1) is 27.2. The minimum absolute atomic E-state index is 0.0140. The van der Waals surface area contributed by atoms with E-state index >= 15 is 0 Å². The predicted molar refractivity (Wildman–Crippen MR) is 133 cm³/mol. The summed E-state index contributed by atoms with van der Waals surface area (Å²) in [6.07, 6.45) is 1.30. The summed E-state index contributed by atoms with van der Waals surface area (Å²) in [5.74, 6) is -0.0579. The Hall–Kier alpha value is -2.03. The second kappa shape index (κ2) is 13.0. The number of benzene rings is 2. The molecule has 0 radical (unpaired) electrons. The fourth-order valence-electron chi connectivity index (χ4n) is 3.49. The number of aromatic hydroxyl groups is 1. The topological polar surface area (TPSA) is 104 Å². The first-order chi connectivity index (χ1) is 15.6. The number of aliphatic carboxylic acids is 1. The number of carbonyl (C=O) groups is 2. The van der Waals surface area contributed by atoms with Crippen molar-refractivity contribution in [2.75, 3.05) is 12.4 Å². The largest absolute Gasteiger partial charge is 0.507 e. The van der Waals surface area contributed by atoms with Gasteiger partial charge in [0.1, 0.15) is 11.5 Å². The van der Waals surface area contributed by atoms with E-state index in [4.69, 9.17) is 9.84 Å². The number of hydrogen-bond donors (Lipinski definition) is 3. The quantitative estimate of drug-likeness (QED) is 0.163. The minimum Gasteiger partial charge on any atom is -0.507 e. The van der Waals surface area contributed by atoms with Gasteiger partial charge in [-0.1, -0.05) is 26.3 Å². The Morgan fingerprint density at radius 2 is 1.94 bits per heavy atom. The molecule has 2 rings (SSSR count). The Morgan fingerprint density at radius 1 is 1.21 bits per heavy atom. The van der Waals surface area contributed by atoms with Crippen molar-refractivity contribution < 1.29 is 29.6 Å². The molecule has 33 heavy (non-hydrogen) atoms. The van der Waals surface area contributed by atoms with Crippen LogP contribution in [0, 0.1) is 5.92 Å². The third kappa shape index (κ3) is 7.76. The van der Waals surface area contributed by atoms with Crippen molar-refractivity contribution in [2.24, 2.45) is 5.92 Å². The highest BCUT2D eigenvalue weighted by molar-refractivity contribution is 9.10. The van der Waals surface area contributed by atoms with Crippen LogP contribution in [0.5, 0.6) is 11.5 Å². The van der Waals surface area contributed by atoms with E-state index in [1.807, 2.05) is 25.1 Å². The number of thioether (sulfide) groups is 1. The first-order valence-electron chi connectivity index (χ1n) is 11.0. The van der Waals surface area contributed by atoms with Crippen LogP contribution in [0.15, 0.2) is 39.7 Å². The Morgan fingerprint density at radius 3 is 2.55 bits per heavy atom. The SMILES string of the molecule is CCCc1c(OCCCSc2ccc(C(O)C(C)CC(=O)O)cc2Br)ccc(C(C)=O)c1O. The van der Waals surface area contributed by atoms with Gasteiger partial charge in [0.2, 0.25) is 0 Å². The monoisotopic (exact) mass is 538 g/mol. The fraction of sp³-hybridized carbons (Fsp3) is 0.440. The molecule has 0 spiro atoms. The maximum Gasteiger partial charge on any atom is 0.303 e. The van der Waals surface area contributed by atoms with Crippen LogP contribution in [0.3, 0.4) is 0 Å². The van der Waals surface area contributed by atoms with Crippen LogP contribution >= 0.6 is 27.7 Å². The molecule has 0 saturated heterocycles. The molecule has 8 heteroatoms. The number of ketones is 1. The average molecular weight is 539 g/mol. The van der Waals surface area contributed by atoms with Crippen LogP contribution in [0.2, 0.25) is 0 Å². The van der Waals surface area contributed by atoms with Gasteiger partial charge in [0.15, 0.2) is 5.78 Å². The lowest BCUT2D eigenvalue weighted by atomic mass is 9.95. The molecule has 0 aliphatic rings. The summed E-state index contributed by atoms with van der Waals surface area (Å²) < 4.78 is 6.75. The number of phenols is 1. The molecule has 2 atom stereocenters. The highest BCUT2D eigenvalue weighted by Crippen LogP contribution is 2.34. The van der Waals surface area contributed by atoms with Crippen molar-refractivity contribution >= 4 is 39.4 Å². The molecular formula is C25H31BrO6S. The molecule has 3 N–H and O–H groups in total. The number of aliphatic hydroxyl groups is 1. The first-order valence-corrected chi connectivity index (χ1v) is 12.7. The van der Waals surface area contributed by atoms with Gasteiger partial charge < -0.3 is 20.1 Å². The highest BCUT2D eigenvalue weighted by atomic mass is 79.9. The van der Waals surface area contributed by atoms with Crippen LogP contribution in [0.4, 0.5) is 0 Å². The summed E-state index contributed by atoms with van der Waals surface area (Å²) in [7, 11) is 0. The number of aliphatic hydroxyl groups excluding tert-OH is 1. The highest BCUT2D eigenvalue weighted by Gasteiger charge is 2.20.